The molecule has 3 heterocycles. The lowest BCUT2D eigenvalue weighted by molar-refractivity contribution is -0.127. The van der Waals surface area contributed by atoms with Gasteiger partial charge in [-0.15, -0.1) is 0 Å². The number of aromatic nitrogens is 4. The van der Waals surface area contributed by atoms with E-state index < -0.39 is 12.6 Å². The van der Waals surface area contributed by atoms with Crippen molar-refractivity contribution in [2.24, 2.45) is 7.05 Å². The average molecular weight is 569 g/mol. The molecule has 0 atom stereocenters. The van der Waals surface area contributed by atoms with E-state index in [0.29, 0.717) is 17.2 Å². The number of anilines is 1. The van der Waals surface area contributed by atoms with Gasteiger partial charge in [-0.05, 0) is 81.0 Å². The number of alkyl halides is 3. The highest BCUT2D eigenvalue weighted by molar-refractivity contribution is 8.00. The first-order chi connectivity index (χ1) is 19.1. The minimum atomic E-state index is -4.49. The van der Waals surface area contributed by atoms with Crippen LogP contribution in [0.5, 0.6) is 11.6 Å². The molecule has 1 N–H and O–H groups in total. The minimum Gasteiger partial charge on any atom is -0.439 e. The first-order valence-electron chi connectivity index (χ1n) is 13.1. The van der Waals surface area contributed by atoms with Crippen molar-refractivity contribution in [3.63, 3.8) is 0 Å². The SMILES string of the molecule is Cc1ccccc1-c1nc(NSc2cnn(C)c2)nc(Oc2ccc(C3CCN(C)CC3)cc2)c1CC(F)(F)F. The zero-order chi connectivity index (χ0) is 28.3. The molecule has 1 aliphatic rings. The number of hydrogen-bond acceptors (Lipinski definition) is 7. The van der Waals surface area contributed by atoms with Crippen LogP contribution in [0.1, 0.15) is 35.4 Å². The summed E-state index contributed by atoms with van der Waals surface area (Å²) < 4.78 is 52.4. The molecule has 0 bridgehead atoms. The second kappa shape index (κ2) is 11.9. The largest absolute Gasteiger partial charge is 0.439 e. The number of rotatable bonds is 8. The Kier molecular flexibility index (Phi) is 8.32. The third kappa shape index (κ3) is 6.95. The van der Waals surface area contributed by atoms with Crippen LogP contribution in [0.25, 0.3) is 11.3 Å². The Morgan fingerprint density at radius 3 is 2.40 bits per heavy atom. The van der Waals surface area contributed by atoms with Gasteiger partial charge < -0.3 is 9.64 Å². The summed E-state index contributed by atoms with van der Waals surface area (Å²) in [7, 11) is 3.92. The van der Waals surface area contributed by atoms with Gasteiger partial charge in [0.1, 0.15) is 5.75 Å². The summed E-state index contributed by atoms with van der Waals surface area (Å²) >= 11 is 1.21. The predicted octanol–water partition coefficient (Wildman–Crippen LogP) is 7.01. The van der Waals surface area contributed by atoms with E-state index >= 15 is 0 Å². The maximum absolute atomic E-state index is 13.9. The van der Waals surface area contributed by atoms with Crippen molar-refractivity contribution >= 4 is 17.9 Å². The van der Waals surface area contributed by atoms with Crippen molar-refractivity contribution in [1.82, 2.24) is 24.6 Å². The normalized spacial score (nSPS) is 14.8. The van der Waals surface area contributed by atoms with E-state index in [1.807, 2.05) is 31.2 Å². The summed E-state index contributed by atoms with van der Waals surface area (Å²) in [5, 5.41) is 4.14. The average Bonchev–Trinajstić information content (AvgIpc) is 3.34. The number of piperidine rings is 1. The third-order valence-electron chi connectivity index (χ3n) is 6.97. The standard InChI is InChI=1S/C29H31F3N6OS/c1-19-6-4-5-7-24(19)26-25(16-29(30,31)32)27(35-28(34-26)36-40-23-17-33-38(3)18-23)39-22-10-8-20(9-11-22)21-12-14-37(2)15-13-21/h4-11,17-18,21H,12-16H2,1-3H3,(H,34,35,36). The fourth-order valence-electron chi connectivity index (χ4n) is 4.83. The van der Waals surface area contributed by atoms with E-state index in [1.54, 1.807) is 48.4 Å². The molecule has 11 heteroatoms. The Labute approximate surface area is 235 Å². The van der Waals surface area contributed by atoms with Crippen LogP contribution in [-0.2, 0) is 13.5 Å². The van der Waals surface area contributed by atoms with E-state index in [1.165, 1.54) is 17.5 Å². The van der Waals surface area contributed by atoms with Crippen LogP contribution >= 0.6 is 11.9 Å². The molecule has 0 saturated carbocycles. The van der Waals surface area contributed by atoms with Gasteiger partial charge in [0.2, 0.25) is 11.8 Å². The van der Waals surface area contributed by atoms with Crippen LogP contribution < -0.4 is 9.46 Å². The summed E-state index contributed by atoms with van der Waals surface area (Å²) in [6, 6.07) is 14.8. The maximum atomic E-state index is 13.9. The molecule has 2 aromatic heterocycles. The van der Waals surface area contributed by atoms with Crippen molar-refractivity contribution in [1.29, 1.82) is 0 Å². The molecular formula is C29H31F3N6OS. The topological polar surface area (TPSA) is 68.1 Å². The Bertz CT molecular complexity index is 1450. The van der Waals surface area contributed by atoms with Gasteiger partial charge in [0.15, 0.2) is 0 Å². The molecule has 0 unspecified atom stereocenters. The van der Waals surface area contributed by atoms with Crippen molar-refractivity contribution in [2.75, 3.05) is 24.9 Å². The second-order valence-corrected chi connectivity index (χ2v) is 11.0. The first-order valence-corrected chi connectivity index (χ1v) is 13.9. The minimum absolute atomic E-state index is 0.113. The lowest BCUT2D eigenvalue weighted by atomic mass is 9.90. The summed E-state index contributed by atoms with van der Waals surface area (Å²) in [6.07, 6.45) is -0.0992. The molecule has 5 rings (SSSR count). The van der Waals surface area contributed by atoms with E-state index in [-0.39, 0.29) is 23.1 Å². The quantitative estimate of drug-likeness (QED) is 0.229. The Balaban J connectivity index is 1.51. The van der Waals surface area contributed by atoms with Crippen molar-refractivity contribution in [3.8, 4) is 22.9 Å². The molecule has 1 saturated heterocycles. The van der Waals surface area contributed by atoms with Gasteiger partial charge in [0.05, 0.1) is 28.8 Å². The molecule has 210 valence electrons. The van der Waals surface area contributed by atoms with Crippen LogP contribution in [0.3, 0.4) is 0 Å². The highest BCUT2D eigenvalue weighted by Crippen LogP contribution is 2.38. The van der Waals surface area contributed by atoms with E-state index in [4.69, 9.17) is 4.74 Å². The van der Waals surface area contributed by atoms with Crippen molar-refractivity contribution < 1.29 is 17.9 Å². The summed E-state index contributed by atoms with van der Waals surface area (Å²) in [5.41, 5.74) is 2.65. The van der Waals surface area contributed by atoms with E-state index in [2.05, 4.69) is 31.7 Å². The highest BCUT2D eigenvalue weighted by atomic mass is 32.2. The molecular weight excluding hydrogens is 537 g/mol. The lowest BCUT2D eigenvalue weighted by Crippen LogP contribution is -2.29. The third-order valence-corrected chi connectivity index (χ3v) is 7.70. The lowest BCUT2D eigenvalue weighted by Gasteiger charge is -2.29. The van der Waals surface area contributed by atoms with Gasteiger partial charge in [-0.3, -0.25) is 9.40 Å². The monoisotopic (exact) mass is 568 g/mol. The smallest absolute Gasteiger partial charge is 0.393 e. The molecule has 0 aliphatic carbocycles. The molecule has 4 aromatic rings. The van der Waals surface area contributed by atoms with Gasteiger partial charge in [-0.25, -0.2) is 4.98 Å². The van der Waals surface area contributed by atoms with Crippen LogP contribution in [0, 0.1) is 6.92 Å². The fourth-order valence-corrected chi connectivity index (χ4v) is 5.44. The number of likely N-dealkylation sites (tertiary alicyclic amines) is 1. The van der Waals surface area contributed by atoms with Crippen LogP contribution in [0.2, 0.25) is 0 Å². The molecule has 40 heavy (non-hydrogen) atoms. The van der Waals surface area contributed by atoms with Crippen LogP contribution in [0.15, 0.2) is 65.8 Å². The van der Waals surface area contributed by atoms with E-state index in [0.717, 1.165) is 36.4 Å². The number of ether oxygens (including phenoxy) is 1. The predicted molar refractivity (Wildman–Crippen MR) is 151 cm³/mol. The van der Waals surface area contributed by atoms with E-state index in [9.17, 15) is 13.2 Å². The highest BCUT2D eigenvalue weighted by Gasteiger charge is 2.33. The van der Waals surface area contributed by atoms with Gasteiger partial charge in [-0.1, -0.05) is 36.4 Å². The molecule has 0 amide bonds. The Morgan fingerprint density at radius 1 is 1.02 bits per heavy atom. The van der Waals surface area contributed by atoms with Crippen molar-refractivity contribution in [3.05, 3.63) is 77.6 Å². The van der Waals surface area contributed by atoms with Crippen molar-refractivity contribution in [2.45, 2.75) is 43.2 Å². The summed E-state index contributed by atoms with van der Waals surface area (Å²) in [6.45, 7) is 3.92. The molecule has 2 aromatic carbocycles. The van der Waals surface area contributed by atoms with Crippen LogP contribution in [0.4, 0.5) is 19.1 Å². The molecule has 1 fully saturated rings. The second-order valence-electron chi connectivity index (χ2n) is 10.1. The zero-order valence-corrected chi connectivity index (χ0v) is 23.4. The number of aryl methyl sites for hydroxylation is 2. The fraction of sp³-hybridized carbons (Fsp3) is 0.345. The first kappa shape index (κ1) is 28.0. The number of hydrogen-bond donors (Lipinski definition) is 1. The van der Waals surface area contributed by atoms with Gasteiger partial charge >= 0.3 is 6.18 Å². The maximum Gasteiger partial charge on any atom is 0.393 e. The van der Waals surface area contributed by atoms with Gasteiger partial charge in [0, 0.05) is 18.8 Å². The molecule has 7 nitrogen and oxygen atoms in total. The summed E-state index contributed by atoms with van der Waals surface area (Å²) in [5.74, 6) is 0.876. The molecule has 0 radical (unpaired) electrons. The Hall–Kier alpha value is -3.57. The van der Waals surface area contributed by atoms with Gasteiger partial charge in [-0.2, -0.15) is 23.3 Å². The van der Waals surface area contributed by atoms with Crippen LogP contribution in [-0.4, -0.2) is 51.0 Å². The molecule has 1 aliphatic heterocycles. The van der Waals surface area contributed by atoms with Gasteiger partial charge in [0.25, 0.3) is 0 Å². The molecule has 0 spiro atoms. The number of nitrogens with one attached hydrogen (secondary N) is 1. The summed E-state index contributed by atoms with van der Waals surface area (Å²) in [4.78, 5) is 12.1. The number of nitrogens with zero attached hydrogens (tertiary/aromatic N) is 5. The Morgan fingerprint density at radius 2 is 1.75 bits per heavy atom. The number of halogens is 3. The zero-order valence-electron chi connectivity index (χ0n) is 22.6. The number of benzene rings is 2.